The van der Waals surface area contributed by atoms with Crippen LogP contribution in [0, 0.1) is 26.6 Å². The van der Waals surface area contributed by atoms with Crippen LogP contribution in [-0.2, 0) is 0 Å². The molecule has 2 amide bonds. The Morgan fingerprint density at radius 1 is 1.17 bits per heavy atom. The molecule has 0 spiro atoms. The van der Waals surface area contributed by atoms with Gasteiger partial charge < -0.3 is 15.7 Å². The number of hydrogen-bond acceptors (Lipinski definition) is 2. The molecule has 0 unspecified atom stereocenters. The molecule has 1 atom stereocenters. The average molecular weight is 316 g/mol. The first-order valence-electron chi connectivity index (χ1n) is 7.43. The topological polar surface area (TPSA) is 61.4 Å². The molecule has 0 aliphatic rings. The maximum atomic E-state index is 13.6. The van der Waals surface area contributed by atoms with Gasteiger partial charge in [-0.25, -0.2) is 9.18 Å². The van der Waals surface area contributed by atoms with Gasteiger partial charge >= 0.3 is 6.03 Å². The molecule has 4 nitrogen and oxygen atoms in total. The summed E-state index contributed by atoms with van der Waals surface area (Å²) in [5.74, 6) is -0.493. The SMILES string of the molecule is Cc1cc(C)c(NC(=O)NC[C@H](O)c2ccccc2F)c(C)c1. The van der Waals surface area contributed by atoms with Gasteiger partial charge in [-0.2, -0.15) is 0 Å². The van der Waals surface area contributed by atoms with Crippen LogP contribution in [0.4, 0.5) is 14.9 Å². The van der Waals surface area contributed by atoms with Crippen molar-refractivity contribution in [1.82, 2.24) is 5.32 Å². The van der Waals surface area contributed by atoms with Gasteiger partial charge in [-0.1, -0.05) is 35.9 Å². The van der Waals surface area contributed by atoms with Crippen LogP contribution in [0.5, 0.6) is 0 Å². The maximum absolute atomic E-state index is 13.6. The number of nitrogens with one attached hydrogen (secondary N) is 2. The highest BCUT2D eigenvalue weighted by molar-refractivity contribution is 5.91. The van der Waals surface area contributed by atoms with Gasteiger partial charge in [0.05, 0.1) is 6.10 Å². The standard InChI is InChI=1S/C18H21FN2O2/c1-11-8-12(2)17(13(3)9-11)21-18(23)20-10-16(22)14-6-4-5-7-15(14)19/h4-9,16,22H,10H2,1-3H3,(H2,20,21,23)/t16-/m0/s1. The van der Waals surface area contributed by atoms with Crippen LogP contribution in [0.25, 0.3) is 0 Å². The zero-order chi connectivity index (χ0) is 17.0. The van der Waals surface area contributed by atoms with E-state index in [4.69, 9.17) is 0 Å². The molecule has 0 bridgehead atoms. The molecular formula is C18H21FN2O2. The Morgan fingerprint density at radius 3 is 2.39 bits per heavy atom. The summed E-state index contributed by atoms with van der Waals surface area (Å²) in [4.78, 5) is 12.0. The molecule has 0 saturated heterocycles. The van der Waals surface area contributed by atoms with Gasteiger partial charge in [0.15, 0.2) is 0 Å². The number of benzene rings is 2. The third-order valence-electron chi connectivity index (χ3n) is 3.64. The number of aliphatic hydroxyl groups excluding tert-OH is 1. The van der Waals surface area contributed by atoms with Gasteiger partial charge in [0.2, 0.25) is 0 Å². The van der Waals surface area contributed by atoms with Crippen molar-refractivity contribution in [1.29, 1.82) is 0 Å². The smallest absolute Gasteiger partial charge is 0.319 e. The van der Waals surface area contributed by atoms with Crippen molar-refractivity contribution in [3.8, 4) is 0 Å². The Hall–Kier alpha value is -2.40. The number of rotatable bonds is 4. The van der Waals surface area contributed by atoms with Gasteiger partial charge in [0.1, 0.15) is 5.82 Å². The number of urea groups is 1. The molecule has 0 radical (unpaired) electrons. The van der Waals surface area contributed by atoms with Gasteiger partial charge in [0, 0.05) is 17.8 Å². The van der Waals surface area contributed by atoms with Gasteiger partial charge in [-0.3, -0.25) is 0 Å². The zero-order valence-corrected chi connectivity index (χ0v) is 13.5. The minimum Gasteiger partial charge on any atom is -0.386 e. The first-order chi connectivity index (χ1) is 10.9. The molecule has 5 heteroatoms. The molecule has 0 heterocycles. The van der Waals surface area contributed by atoms with Crippen LogP contribution in [0.2, 0.25) is 0 Å². The summed E-state index contributed by atoms with van der Waals surface area (Å²) in [5.41, 5.74) is 3.96. The lowest BCUT2D eigenvalue weighted by Crippen LogP contribution is -2.33. The molecule has 0 saturated carbocycles. The van der Waals surface area contributed by atoms with Crippen molar-refractivity contribution >= 4 is 11.7 Å². The fourth-order valence-corrected chi connectivity index (χ4v) is 2.58. The van der Waals surface area contributed by atoms with Crippen molar-refractivity contribution in [2.24, 2.45) is 0 Å². The molecule has 0 aromatic heterocycles. The van der Waals surface area contributed by atoms with Crippen LogP contribution in [0.3, 0.4) is 0 Å². The molecule has 3 N–H and O–H groups in total. The monoisotopic (exact) mass is 316 g/mol. The Balaban J connectivity index is 1.97. The Labute approximate surface area is 135 Å². The summed E-state index contributed by atoms with van der Waals surface area (Å²) in [7, 11) is 0. The molecule has 122 valence electrons. The van der Waals surface area contributed by atoms with Gasteiger partial charge in [-0.15, -0.1) is 0 Å². The fraction of sp³-hybridized carbons (Fsp3) is 0.278. The molecule has 23 heavy (non-hydrogen) atoms. The van der Waals surface area contributed by atoms with Crippen molar-refractivity contribution in [2.75, 3.05) is 11.9 Å². The summed E-state index contributed by atoms with van der Waals surface area (Å²) in [6.45, 7) is 5.76. The van der Waals surface area contributed by atoms with Crippen molar-refractivity contribution in [2.45, 2.75) is 26.9 Å². The van der Waals surface area contributed by atoms with E-state index in [-0.39, 0.29) is 12.1 Å². The Bertz CT molecular complexity index is 693. The minimum absolute atomic E-state index is 0.0727. The predicted molar refractivity (Wildman–Crippen MR) is 89.0 cm³/mol. The fourth-order valence-electron chi connectivity index (χ4n) is 2.58. The lowest BCUT2D eigenvalue weighted by atomic mass is 10.1. The minimum atomic E-state index is -1.10. The Kier molecular flexibility index (Phi) is 5.34. The van der Waals surface area contributed by atoms with Crippen LogP contribution >= 0.6 is 0 Å². The zero-order valence-electron chi connectivity index (χ0n) is 13.5. The van der Waals surface area contributed by atoms with E-state index in [2.05, 4.69) is 10.6 Å². The first kappa shape index (κ1) is 17.0. The van der Waals surface area contributed by atoms with E-state index in [0.29, 0.717) is 0 Å². The number of anilines is 1. The molecule has 0 aliphatic carbocycles. The summed E-state index contributed by atoms with van der Waals surface area (Å²) in [6.07, 6.45) is -1.10. The van der Waals surface area contributed by atoms with Crippen LogP contribution in [0.1, 0.15) is 28.4 Å². The van der Waals surface area contributed by atoms with Crippen molar-refractivity contribution in [3.05, 3.63) is 64.5 Å². The number of halogens is 1. The number of amides is 2. The third-order valence-corrected chi connectivity index (χ3v) is 3.64. The molecule has 0 fully saturated rings. The highest BCUT2D eigenvalue weighted by atomic mass is 19.1. The van der Waals surface area contributed by atoms with E-state index in [9.17, 15) is 14.3 Å². The Morgan fingerprint density at radius 2 is 1.78 bits per heavy atom. The molecule has 0 aliphatic heterocycles. The van der Waals surface area contributed by atoms with Crippen molar-refractivity contribution < 1.29 is 14.3 Å². The highest BCUT2D eigenvalue weighted by Gasteiger charge is 2.14. The maximum Gasteiger partial charge on any atom is 0.319 e. The summed E-state index contributed by atoms with van der Waals surface area (Å²) in [6, 6.07) is 9.49. The highest BCUT2D eigenvalue weighted by Crippen LogP contribution is 2.22. The molecule has 2 rings (SSSR count). The number of carbonyl (C=O) groups excluding carboxylic acids is 1. The van der Waals surface area contributed by atoms with E-state index >= 15 is 0 Å². The van der Waals surface area contributed by atoms with E-state index < -0.39 is 18.0 Å². The second-order valence-electron chi connectivity index (χ2n) is 5.65. The van der Waals surface area contributed by atoms with Crippen LogP contribution in [0.15, 0.2) is 36.4 Å². The lowest BCUT2D eigenvalue weighted by Gasteiger charge is -2.16. The second kappa shape index (κ2) is 7.24. The van der Waals surface area contributed by atoms with Gasteiger partial charge in [0.25, 0.3) is 0 Å². The second-order valence-corrected chi connectivity index (χ2v) is 5.65. The van der Waals surface area contributed by atoms with Crippen molar-refractivity contribution in [3.63, 3.8) is 0 Å². The van der Waals surface area contributed by atoms with E-state index in [1.54, 1.807) is 12.1 Å². The van der Waals surface area contributed by atoms with E-state index in [1.165, 1.54) is 12.1 Å². The van der Waals surface area contributed by atoms with Crippen LogP contribution < -0.4 is 10.6 Å². The summed E-state index contributed by atoms with van der Waals surface area (Å²) in [5, 5.41) is 15.3. The average Bonchev–Trinajstić information content (AvgIpc) is 2.49. The first-order valence-corrected chi connectivity index (χ1v) is 7.43. The lowest BCUT2D eigenvalue weighted by molar-refractivity contribution is 0.170. The largest absolute Gasteiger partial charge is 0.386 e. The van der Waals surface area contributed by atoms with Crippen LogP contribution in [-0.4, -0.2) is 17.7 Å². The third kappa shape index (κ3) is 4.29. The summed E-state index contributed by atoms with van der Waals surface area (Å²) < 4.78 is 13.6. The number of hydrogen-bond donors (Lipinski definition) is 3. The van der Waals surface area contributed by atoms with Gasteiger partial charge in [-0.05, 0) is 38.0 Å². The predicted octanol–water partition coefficient (Wildman–Crippen LogP) is 3.61. The summed E-state index contributed by atoms with van der Waals surface area (Å²) >= 11 is 0. The normalized spacial score (nSPS) is 11.9. The van der Waals surface area contributed by atoms with E-state index in [0.717, 1.165) is 22.4 Å². The van der Waals surface area contributed by atoms with E-state index in [1.807, 2.05) is 32.9 Å². The molecule has 2 aromatic rings. The molecular weight excluding hydrogens is 295 g/mol. The number of aryl methyl sites for hydroxylation is 3. The number of aliphatic hydroxyl groups is 1. The molecule has 2 aromatic carbocycles. The quantitative estimate of drug-likeness (QED) is 0.807. The number of carbonyl (C=O) groups is 1.